The second-order valence-corrected chi connectivity index (χ2v) is 2.52. The third-order valence-electron chi connectivity index (χ3n) is 1.52. The van der Waals surface area contributed by atoms with Crippen molar-refractivity contribution in [2.24, 2.45) is 0 Å². The van der Waals surface area contributed by atoms with Crippen LogP contribution in [0.15, 0.2) is 17.2 Å². The van der Waals surface area contributed by atoms with Gasteiger partial charge in [-0.3, -0.25) is 0 Å². The van der Waals surface area contributed by atoms with Gasteiger partial charge in [-0.15, -0.1) is 0 Å². The summed E-state index contributed by atoms with van der Waals surface area (Å²) in [6.45, 7) is 0. The van der Waals surface area contributed by atoms with E-state index in [4.69, 9.17) is 0 Å². The van der Waals surface area contributed by atoms with E-state index in [1.807, 2.05) is 6.42 Å². The van der Waals surface area contributed by atoms with Crippen LogP contribution in [0.1, 0.15) is 6.42 Å². The Labute approximate surface area is 75.9 Å². The van der Waals surface area contributed by atoms with Gasteiger partial charge in [0.15, 0.2) is 0 Å². The molecule has 0 nitrogen and oxygen atoms in total. The van der Waals surface area contributed by atoms with Crippen LogP contribution in [0.2, 0.25) is 0 Å². The number of hydrogen-bond acceptors (Lipinski definition) is 0. The lowest BCUT2D eigenvalue weighted by Crippen LogP contribution is -2.23. The van der Waals surface area contributed by atoms with Crippen LogP contribution in [0, 0.1) is 12.5 Å². The molecule has 14 heavy (non-hydrogen) atoms. The van der Waals surface area contributed by atoms with Crippen molar-refractivity contribution in [3.05, 3.63) is 29.7 Å². The second kappa shape index (κ2) is 3.33. The van der Waals surface area contributed by atoms with Gasteiger partial charge in [0.25, 0.3) is 0 Å². The minimum absolute atomic E-state index is 0.720. The molecule has 0 amide bonds. The van der Waals surface area contributed by atoms with Crippen molar-refractivity contribution in [3.63, 3.8) is 0 Å². The Bertz CT molecular complexity index is 277. The summed E-state index contributed by atoms with van der Waals surface area (Å²) in [5, 5.41) is 0. The summed E-state index contributed by atoms with van der Waals surface area (Å²) in [6.07, 6.45) is -6.63. The van der Waals surface area contributed by atoms with E-state index in [-0.39, 0.29) is 0 Å². The average molecular weight is 213 g/mol. The van der Waals surface area contributed by atoms with Crippen molar-refractivity contribution in [2.75, 3.05) is 0 Å². The van der Waals surface area contributed by atoms with Gasteiger partial charge in [-0.05, 0) is 12.5 Å². The predicted octanol–water partition coefficient (Wildman–Crippen LogP) is 3.25. The predicted molar refractivity (Wildman–Crippen MR) is 34.8 cm³/mol. The number of hydrogen-bond donors (Lipinski definition) is 0. The quantitative estimate of drug-likeness (QED) is 0.542. The van der Waals surface area contributed by atoms with Crippen LogP contribution in [0.3, 0.4) is 0 Å². The number of alkyl halides is 6. The maximum atomic E-state index is 12.1. The summed E-state index contributed by atoms with van der Waals surface area (Å²) in [5.74, 6) is 0. The molecule has 3 radical (unpaired) electrons. The van der Waals surface area contributed by atoms with Gasteiger partial charge in [0.05, 0.1) is 5.57 Å². The Balaban J connectivity index is 3.18. The van der Waals surface area contributed by atoms with Crippen molar-refractivity contribution in [2.45, 2.75) is 18.8 Å². The fourth-order valence-electron chi connectivity index (χ4n) is 0.947. The largest absolute Gasteiger partial charge is 0.417 e. The SMILES string of the molecule is FC(F)(F)C1=C(C(F)(F)F)C[C]C=[C]1. The molecule has 1 rings (SSSR count). The highest BCUT2D eigenvalue weighted by molar-refractivity contribution is 5.35. The minimum atomic E-state index is -5.02. The molecule has 0 bridgehead atoms. The van der Waals surface area contributed by atoms with Crippen LogP contribution in [0.4, 0.5) is 26.3 Å². The molecule has 1 aliphatic carbocycles. The molecule has 0 saturated heterocycles. The lowest BCUT2D eigenvalue weighted by Gasteiger charge is -2.19. The van der Waals surface area contributed by atoms with Crippen LogP contribution < -0.4 is 0 Å². The zero-order valence-electron chi connectivity index (χ0n) is 6.55. The maximum absolute atomic E-state index is 12.1. The molecule has 0 aliphatic heterocycles. The Morgan fingerprint density at radius 2 is 1.57 bits per heavy atom. The third kappa shape index (κ3) is 2.30. The fourth-order valence-corrected chi connectivity index (χ4v) is 0.947. The van der Waals surface area contributed by atoms with Crippen molar-refractivity contribution < 1.29 is 26.3 Å². The molecule has 0 N–H and O–H groups in total. The third-order valence-corrected chi connectivity index (χ3v) is 1.52. The second-order valence-electron chi connectivity index (χ2n) is 2.52. The van der Waals surface area contributed by atoms with Crippen LogP contribution in [0.25, 0.3) is 0 Å². The van der Waals surface area contributed by atoms with E-state index in [2.05, 4.69) is 0 Å². The number of halogens is 6. The summed E-state index contributed by atoms with van der Waals surface area (Å²) in [6, 6.07) is 0. The molecule has 0 aromatic rings. The van der Waals surface area contributed by atoms with E-state index in [1.54, 1.807) is 0 Å². The highest BCUT2D eigenvalue weighted by Crippen LogP contribution is 2.40. The normalized spacial score (nSPS) is 19.0. The van der Waals surface area contributed by atoms with Gasteiger partial charge in [-0.25, -0.2) is 0 Å². The summed E-state index contributed by atoms with van der Waals surface area (Å²) in [4.78, 5) is 0. The first kappa shape index (κ1) is 11.1. The standard InChI is InChI=1S/C8H3F6/c9-7(10,11)5-3-1-2-4-6(5)8(12,13)14/h1H,4H2. The zero-order valence-corrected chi connectivity index (χ0v) is 6.55. The number of allylic oxidation sites excluding steroid dienone is 4. The lowest BCUT2D eigenvalue weighted by molar-refractivity contribution is -0.115. The molecule has 0 fully saturated rings. The molecular formula is C8H3F6. The molecule has 77 valence electrons. The molecule has 0 atom stereocenters. The molecule has 6 heteroatoms. The molecular weight excluding hydrogens is 210 g/mol. The Kier molecular flexibility index (Phi) is 2.65. The van der Waals surface area contributed by atoms with Gasteiger partial charge >= 0.3 is 12.4 Å². The molecule has 0 spiro atoms. The Morgan fingerprint density at radius 1 is 1.00 bits per heavy atom. The smallest absolute Gasteiger partial charge is 0.166 e. The van der Waals surface area contributed by atoms with Crippen molar-refractivity contribution in [3.8, 4) is 0 Å². The highest BCUT2D eigenvalue weighted by atomic mass is 19.4. The average Bonchev–Trinajstić information content (AvgIpc) is 2.01. The van der Waals surface area contributed by atoms with E-state index >= 15 is 0 Å². The minimum Gasteiger partial charge on any atom is -0.166 e. The first-order chi connectivity index (χ1) is 6.23. The first-order valence-corrected chi connectivity index (χ1v) is 3.42. The summed E-state index contributed by atoms with van der Waals surface area (Å²) >= 11 is 0. The van der Waals surface area contributed by atoms with Crippen molar-refractivity contribution >= 4 is 0 Å². The maximum Gasteiger partial charge on any atom is 0.417 e. The Hall–Kier alpha value is -0.940. The van der Waals surface area contributed by atoms with Gasteiger partial charge in [-0.2, -0.15) is 26.3 Å². The molecule has 0 aromatic carbocycles. The van der Waals surface area contributed by atoms with Gasteiger partial charge < -0.3 is 0 Å². The van der Waals surface area contributed by atoms with E-state index in [0.29, 0.717) is 0 Å². The molecule has 0 aromatic heterocycles. The first-order valence-electron chi connectivity index (χ1n) is 3.42. The van der Waals surface area contributed by atoms with Gasteiger partial charge in [0, 0.05) is 12.0 Å². The fraction of sp³-hybridized carbons (Fsp3) is 0.375. The zero-order chi connectivity index (χ0) is 11.0. The molecule has 0 heterocycles. The Morgan fingerprint density at radius 3 is 1.93 bits per heavy atom. The van der Waals surface area contributed by atoms with E-state index in [0.717, 1.165) is 6.08 Å². The van der Waals surface area contributed by atoms with Gasteiger partial charge in [-0.1, -0.05) is 6.08 Å². The van der Waals surface area contributed by atoms with Crippen LogP contribution in [-0.2, 0) is 0 Å². The summed E-state index contributed by atoms with van der Waals surface area (Å²) in [7, 11) is 0. The summed E-state index contributed by atoms with van der Waals surface area (Å²) < 4.78 is 72.4. The molecule has 0 unspecified atom stereocenters. The van der Waals surface area contributed by atoms with E-state index in [9.17, 15) is 26.3 Å². The molecule has 0 saturated carbocycles. The van der Waals surface area contributed by atoms with E-state index in [1.165, 1.54) is 6.08 Å². The number of rotatable bonds is 0. The van der Waals surface area contributed by atoms with Gasteiger partial charge in [0.2, 0.25) is 0 Å². The highest BCUT2D eigenvalue weighted by Gasteiger charge is 2.44. The lowest BCUT2D eigenvalue weighted by atomic mass is 9.97. The van der Waals surface area contributed by atoms with Crippen LogP contribution in [-0.4, -0.2) is 12.4 Å². The van der Waals surface area contributed by atoms with Crippen LogP contribution in [0.5, 0.6) is 0 Å². The summed E-state index contributed by atoms with van der Waals surface area (Å²) in [5.41, 5.74) is -3.41. The van der Waals surface area contributed by atoms with Crippen molar-refractivity contribution in [1.82, 2.24) is 0 Å². The monoisotopic (exact) mass is 213 g/mol. The topological polar surface area (TPSA) is 0 Å². The van der Waals surface area contributed by atoms with E-state index < -0.39 is 29.9 Å². The van der Waals surface area contributed by atoms with Crippen LogP contribution >= 0.6 is 0 Å². The molecule has 1 aliphatic rings. The van der Waals surface area contributed by atoms with Gasteiger partial charge in [0.1, 0.15) is 0 Å². The van der Waals surface area contributed by atoms with Crippen molar-refractivity contribution in [1.29, 1.82) is 0 Å².